The van der Waals surface area contributed by atoms with Crippen LogP contribution in [0.5, 0.6) is 0 Å². The number of carbonyl (C=O) groups is 1. The van der Waals surface area contributed by atoms with Crippen molar-refractivity contribution in [2.75, 3.05) is 11.1 Å². The number of nitrogens with one attached hydrogen (secondary N) is 1. The SMILES string of the molecule is CCS(=O)(=O)N1Cc2ccccc2C[C@H]1C(=O)Nc1cc(C(F)(F)F)ccc1-n1cncn1. The molecule has 1 aliphatic rings. The second-order valence-electron chi connectivity index (χ2n) is 7.49. The fraction of sp³-hybridized carbons (Fsp3) is 0.286. The summed E-state index contributed by atoms with van der Waals surface area (Å²) in [6.07, 6.45) is -2.06. The van der Waals surface area contributed by atoms with Gasteiger partial charge in [-0.3, -0.25) is 4.79 Å². The van der Waals surface area contributed by atoms with Crippen LogP contribution < -0.4 is 5.32 Å². The van der Waals surface area contributed by atoms with E-state index in [2.05, 4.69) is 15.4 Å². The van der Waals surface area contributed by atoms with E-state index >= 15 is 0 Å². The van der Waals surface area contributed by atoms with E-state index < -0.39 is 33.7 Å². The number of benzene rings is 2. The van der Waals surface area contributed by atoms with Crippen LogP contribution in [0.3, 0.4) is 0 Å². The van der Waals surface area contributed by atoms with E-state index in [4.69, 9.17) is 0 Å². The zero-order chi connectivity index (χ0) is 23.8. The number of hydrogen-bond acceptors (Lipinski definition) is 5. The van der Waals surface area contributed by atoms with Gasteiger partial charge >= 0.3 is 6.18 Å². The number of rotatable bonds is 5. The third kappa shape index (κ3) is 4.62. The quantitative estimate of drug-likeness (QED) is 0.607. The molecular formula is C21H20F3N5O3S. The molecule has 0 spiro atoms. The molecule has 1 aromatic heterocycles. The van der Waals surface area contributed by atoms with Crippen LogP contribution in [0.4, 0.5) is 18.9 Å². The van der Waals surface area contributed by atoms with Crippen molar-refractivity contribution in [1.82, 2.24) is 19.1 Å². The highest BCUT2D eigenvalue weighted by Crippen LogP contribution is 2.34. The summed E-state index contributed by atoms with van der Waals surface area (Å²) in [6.45, 7) is 1.48. The zero-order valence-corrected chi connectivity index (χ0v) is 18.3. The largest absolute Gasteiger partial charge is 0.416 e. The molecule has 0 saturated heterocycles. The molecule has 12 heteroatoms. The minimum atomic E-state index is -4.64. The monoisotopic (exact) mass is 479 g/mol. The molecule has 4 rings (SSSR count). The van der Waals surface area contributed by atoms with E-state index in [-0.39, 0.29) is 30.1 Å². The van der Waals surface area contributed by atoms with Crippen LogP contribution >= 0.6 is 0 Å². The van der Waals surface area contributed by atoms with Gasteiger partial charge in [0.05, 0.1) is 22.7 Å². The number of halogens is 3. The molecule has 1 N–H and O–H groups in total. The average Bonchev–Trinajstić information content (AvgIpc) is 3.32. The van der Waals surface area contributed by atoms with Crippen LogP contribution in [-0.4, -0.2) is 45.2 Å². The molecule has 0 fully saturated rings. The number of alkyl halides is 3. The van der Waals surface area contributed by atoms with E-state index in [1.54, 1.807) is 24.3 Å². The Morgan fingerprint density at radius 3 is 2.55 bits per heavy atom. The number of anilines is 1. The Bertz CT molecular complexity index is 1280. The number of nitrogens with zero attached hydrogens (tertiary/aromatic N) is 4. The molecule has 0 radical (unpaired) electrons. The van der Waals surface area contributed by atoms with Crippen LogP contribution in [0.1, 0.15) is 23.6 Å². The van der Waals surface area contributed by atoms with Crippen LogP contribution in [-0.2, 0) is 34.0 Å². The first kappa shape index (κ1) is 22.9. The van der Waals surface area contributed by atoms with E-state index in [1.165, 1.54) is 30.3 Å². The van der Waals surface area contributed by atoms with Gasteiger partial charge in [0.2, 0.25) is 15.9 Å². The third-order valence-corrected chi connectivity index (χ3v) is 7.31. The molecule has 8 nitrogen and oxygen atoms in total. The van der Waals surface area contributed by atoms with Gasteiger partial charge in [-0.1, -0.05) is 24.3 Å². The Labute approximate surface area is 188 Å². The van der Waals surface area contributed by atoms with Crippen LogP contribution in [0.25, 0.3) is 5.69 Å². The maximum absolute atomic E-state index is 13.3. The summed E-state index contributed by atoms with van der Waals surface area (Å²) in [5.74, 6) is -0.950. The molecule has 174 valence electrons. The lowest BCUT2D eigenvalue weighted by molar-refractivity contribution is -0.137. The number of sulfonamides is 1. The summed E-state index contributed by atoms with van der Waals surface area (Å²) >= 11 is 0. The van der Waals surface area contributed by atoms with Crippen molar-refractivity contribution >= 4 is 21.6 Å². The van der Waals surface area contributed by atoms with Crippen LogP contribution in [0.15, 0.2) is 55.1 Å². The molecule has 0 bridgehead atoms. The van der Waals surface area contributed by atoms with E-state index in [9.17, 15) is 26.4 Å². The van der Waals surface area contributed by atoms with Crippen molar-refractivity contribution in [3.05, 3.63) is 71.8 Å². The molecule has 1 amide bonds. The first-order chi connectivity index (χ1) is 15.6. The molecule has 1 aliphatic heterocycles. The van der Waals surface area contributed by atoms with Gasteiger partial charge in [-0.05, 0) is 42.7 Å². The van der Waals surface area contributed by atoms with Crippen molar-refractivity contribution < 1.29 is 26.4 Å². The van der Waals surface area contributed by atoms with Gasteiger partial charge in [0.25, 0.3) is 0 Å². The first-order valence-electron chi connectivity index (χ1n) is 10.0. The zero-order valence-electron chi connectivity index (χ0n) is 17.5. The number of aromatic nitrogens is 3. The maximum atomic E-state index is 13.3. The van der Waals surface area contributed by atoms with Crippen molar-refractivity contribution in [3.63, 3.8) is 0 Å². The van der Waals surface area contributed by atoms with Gasteiger partial charge in [-0.25, -0.2) is 18.1 Å². The van der Waals surface area contributed by atoms with E-state index in [0.717, 1.165) is 27.6 Å². The number of hydrogen-bond donors (Lipinski definition) is 1. The average molecular weight is 479 g/mol. The molecule has 3 aromatic rings. The highest BCUT2D eigenvalue weighted by molar-refractivity contribution is 7.89. The maximum Gasteiger partial charge on any atom is 0.416 e. The smallest absolute Gasteiger partial charge is 0.323 e. The molecule has 2 heterocycles. The predicted molar refractivity (Wildman–Crippen MR) is 114 cm³/mol. The summed E-state index contributed by atoms with van der Waals surface area (Å²) in [5.41, 5.74) is 0.623. The van der Waals surface area contributed by atoms with Crippen LogP contribution in [0, 0.1) is 0 Å². The first-order valence-corrected chi connectivity index (χ1v) is 11.6. The van der Waals surface area contributed by atoms with Crippen molar-refractivity contribution in [2.24, 2.45) is 0 Å². The Balaban J connectivity index is 1.73. The minimum Gasteiger partial charge on any atom is -0.323 e. The van der Waals surface area contributed by atoms with Crippen LogP contribution in [0.2, 0.25) is 0 Å². The molecule has 33 heavy (non-hydrogen) atoms. The summed E-state index contributed by atoms with van der Waals surface area (Å²) in [7, 11) is -3.77. The van der Waals surface area contributed by atoms with E-state index in [0.29, 0.717) is 0 Å². The molecule has 0 unspecified atom stereocenters. The lowest BCUT2D eigenvalue weighted by Gasteiger charge is -2.35. The van der Waals surface area contributed by atoms with Crippen molar-refractivity contribution in [2.45, 2.75) is 32.1 Å². The molecular weight excluding hydrogens is 459 g/mol. The highest BCUT2D eigenvalue weighted by Gasteiger charge is 2.38. The van der Waals surface area contributed by atoms with Gasteiger partial charge in [-0.2, -0.15) is 22.6 Å². The Morgan fingerprint density at radius 1 is 1.18 bits per heavy atom. The van der Waals surface area contributed by atoms with Gasteiger partial charge in [0.15, 0.2) is 0 Å². The minimum absolute atomic E-state index is 0.00293. The third-order valence-electron chi connectivity index (χ3n) is 5.48. The number of fused-ring (bicyclic) bond motifs is 1. The molecule has 1 atom stereocenters. The summed E-state index contributed by atoms with van der Waals surface area (Å²) in [4.78, 5) is 17.1. The normalized spacial score (nSPS) is 16.9. The van der Waals surface area contributed by atoms with Gasteiger partial charge in [-0.15, -0.1) is 0 Å². The lowest BCUT2D eigenvalue weighted by atomic mass is 9.95. The molecule has 0 aliphatic carbocycles. The fourth-order valence-corrected chi connectivity index (χ4v) is 4.97. The fourth-order valence-electron chi connectivity index (χ4n) is 3.74. The Morgan fingerprint density at radius 2 is 1.91 bits per heavy atom. The summed E-state index contributed by atoms with van der Waals surface area (Å²) < 4.78 is 67.8. The van der Waals surface area contributed by atoms with Crippen molar-refractivity contribution in [3.8, 4) is 5.69 Å². The second kappa shape index (κ2) is 8.60. The molecule has 2 aromatic carbocycles. The second-order valence-corrected chi connectivity index (χ2v) is 9.70. The predicted octanol–water partition coefficient (Wildman–Crippen LogP) is 3.00. The summed E-state index contributed by atoms with van der Waals surface area (Å²) in [6, 6.07) is 8.87. The Hall–Kier alpha value is -3.25. The topological polar surface area (TPSA) is 97.2 Å². The van der Waals surface area contributed by atoms with Gasteiger partial charge in [0, 0.05) is 6.54 Å². The van der Waals surface area contributed by atoms with E-state index in [1.807, 2.05) is 0 Å². The standard InChI is InChI=1S/C21H20F3N5O3S/c1-2-33(31,32)29-11-15-6-4-3-5-14(15)9-19(29)20(30)27-17-10-16(21(22,23)24)7-8-18(17)28-13-25-12-26-28/h3-8,10,12-13,19H,2,9,11H2,1H3,(H,27,30)/t19-/m0/s1. The molecule has 0 saturated carbocycles. The summed E-state index contributed by atoms with van der Waals surface area (Å²) in [5, 5.41) is 6.43. The van der Waals surface area contributed by atoms with Gasteiger partial charge in [0.1, 0.15) is 18.7 Å². The highest BCUT2D eigenvalue weighted by atomic mass is 32.2. The number of carbonyl (C=O) groups excluding carboxylic acids is 1. The van der Waals surface area contributed by atoms with Gasteiger partial charge < -0.3 is 5.32 Å². The number of amides is 1. The van der Waals surface area contributed by atoms with Crippen molar-refractivity contribution in [1.29, 1.82) is 0 Å². The lowest BCUT2D eigenvalue weighted by Crippen LogP contribution is -2.51. The Kier molecular flexibility index (Phi) is 5.97.